The molecule has 0 atom stereocenters. The van der Waals surface area contributed by atoms with E-state index >= 15 is 0 Å². The molecule has 0 spiro atoms. The van der Waals surface area contributed by atoms with Gasteiger partial charge in [0.1, 0.15) is 0 Å². The first kappa shape index (κ1) is 22.6. The Balaban J connectivity index is 1.32. The molecule has 1 aliphatic rings. The fourth-order valence-corrected chi connectivity index (χ4v) is 5.85. The SMILES string of the molecule is c1ccc(-c2cc(-c3ccc4c5c(cccc35)-c3ccccc3-4)nc(-c3ccc(-c4cccnc4)cc3)n2)cc1. The predicted octanol–water partition coefficient (Wildman–Crippen LogP) is 9.34. The van der Waals surface area contributed by atoms with E-state index in [4.69, 9.17) is 9.97 Å². The highest BCUT2D eigenvalue weighted by molar-refractivity contribution is 6.18. The minimum absolute atomic E-state index is 0.709. The lowest BCUT2D eigenvalue weighted by Gasteiger charge is -2.13. The Kier molecular flexibility index (Phi) is 5.14. The van der Waals surface area contributed by atoms with Gasteiger partial charge in [-0.1, -0.05) is 115 Å². The van der Waals surface area contributed by atoms with Crippen molar-refractivity contribution in [3.05, 3.63) is 140 Å². The van der Waals surface area contributed by atoms with Crippen LogP contribution in [0.4, 0.5) is 0 Å². The van der Waals surface area contributed by atoms with E-state index in [0.29, 0.717) is 5.82 Å². The van der Waals surface area contributed by atoms with Crippen LogP contribution in [-0.4, -0.2) is 15.0 Å². The van der Waals surface area contributed by atoms with Crippen molar-refractivity contribution in [2.24, 2.45) is 0 Å². The zero-order valence-corrected chi connectivity index (χ0v) is 21.6. The molecular formula is C37H23N3. The minimum atomic E-state index is 0.709. The lowest BCUT2D eigenvalue weighted by atomic mass is 9.96. The van der Waals surface area contributed by atoms with Crippen molar-refractivity contribution in [1.82, 2.24) is 15.0 Å². The van der Waals surface area contributed by atoms with Crippen molar-refractivity contribution < 1.29 is 0 Å². The van der Waals surface area contributed by atoms with Crippen molar-refractivity contribution in [2.45, 2.75) is 0 Å². The number of nitrogens with zero attached hydrogens (tertiary/aromatic N) is 3. The van der Waals surface area contributed by atoms with Crippen molar-refractivity contribution >= 4 is 10.8 Å². The summed E-state index contributed by atoms with van der Waals surface area (Å²) < 4.78 is 0. The van der Waals surface area contributed by atoms with Crippen LogP contribution in [0.25, 0.3) is 78.1 Å². The molecule has 0 aliphatic heterocycles. The minimum Gasteiger partial charge on any atom is -0.264 e. The Morgan fingerprint density at radius 2 is 1.05 bits per heavy atom. The van der Waals surface area contributed by atoms with Gasteiger partial charge in [0.25, 0.3) is 0 Å². The Hall–Kier alpha value is -5.41. The van der Waals surface area contributed by atoms with E-state index in [0.717, 1.165) is 39.2 Å². The molecule has 0 bridgehead atoms. The molecule has 1 aliphatic carbocycles. The highest BCUT2D eigenvalue weighted by Crippen LogP contribution is 2.49. The largest absolute Gasteiger partial charge is 0.264 e. The second-order valence-electron chi connectivity index (χ2n) is 10.1. The molecule has 0 saturated carbocycles. The summed E-state index contributed by atoms with van der Waals surface area (Å²) in [6.07, 6.45) is 3.68. The third kappa shape index (κ3) is 3.63. The van der Waals surface area contributed by atoms with E-state index in [9.17, 15) is 0 Å². The molecule has 2 heterocycles. The molecule has 0 amide bonds. The highest BCUT2D eigenvalue weighted by atomic mass is 14.9. The van der Waals surface area contributed by atoms with Gasteiger partial charge in [-0.05, 0) is 56.3 Å². The second kappa shape index (κ2) is 9.11. The van der Waals surface area contributed by atoms with Gasteiger partial charge in [0.05, 0.1) is 11.4 Å². The lowest BCUT2D eigenvalue weighted by Crippen LogP contribution is -1.96. The van der Waals surface area contributed by atoms with E-state index in [1.807, 2.05) is 18.3 Å². The molecule has 40 heavy (non-hydrogen) atoms. The Morgan fingerprint density at radius 1 is 0.400 bits per heavy atom. The van der Waals surface area contributed by atoms with Crippen LogP contribution in [-0.2, 0) is 0 Å². The molecule has 7 aromatic rings. The molecule has 0 unspecified atom stereocenters. The number of fused-ring (bicyclic) bond motifs is 3. The van der Waals surface area contributed by atoms with Gasteiger partial charge in [-0.15, -0.1) is 0 Å². The fourth-order valence-electron chi connectivity index (χ4n) is 5.85. The maximum absolute atomic E-state index is 5.16. The summed E-state index contributed by atoms with van der Waals surface area (Å²) in [5, 5.41) is 2.50. The molecule has 0 N–H and O–H groups in total. The van der Waals surface area contributed by atoms with Gasteiger partial charge in [-0.2, -0.15) is 0 Å². The predicted molar refractivity (Wildman–Crippen MR) is 164 cm³/mol. The van der Waals surface area contributed by atoms with Crippen molar-refractivity contribution in [3.8, 4) is 67.3 Å². The van der Waals surface area contributed by atoms with E-state index in [2.05, 4.69) is 120 Å². The summed E-state index contributed by atoms with van der Waals surface area (Å²) >= 11 is 0. The molecule has 0 fully saturated rings. The number of pyridine rings is 1. The molecule has 186 valence electrons. The summed E-state index contributed by atoms with van der Waals surface area (Å²) in [4.78, 5) is 14.5. The molecule has 8 rings (SSSR count). The standard InChI is InChI=1S/C37H23N3/c1-2-8-25(9-3-1)34-22-35(40-37(39-34)26-17-15-24(16-18-26)27-10-7-21-38-23-27)30-19-20-33-29-12-5-4-11-28(29)31-13-6-14-32(30)36(31)33/h1-23H. The van der Waals surface area contributed by atoms with Gasteiger partial charge in [0, 0.05) is 29.1 Å². The zero-order valence-electron chi connectivity index (χ0n) is 21.6. The summed E-state index contributed by atoms with van der Waals surface area (Å²) in [6.45, 7) is 0. The van der Waals surface area contributed by atoms with Crippen LogP contribution >= 0.6 is 0 Å². The maximum Gasteiger partial charge on any atom is 0.160 e. The third-order valence-electron chi connectivity index (χ3n) is 7.76. The lowest BCUT2D eigenvalue weighted by molar-refractivity contribution is 1.18. The first-order chi connectivity index (χ1) is 19.8. The first-order valence-corrected chi connectivity index (χ1v) is 13.4. The normalized spacial score (nSPS) is 11.5. The summed E-state index contributed by atoms with van der Waals surface area (Å²) in [6, 6.07) is 44.6. The molecule has 5 aromatic carbocycles. The van der Waals surface area contributed by atoms with Crippen LogP contribution in [0.1, 0.15) is 0 Å². The number of rotatable bonds is 4. The molecule has 3 nitrogen and oxygen atoms in total. The summed E-state index contributed by atoms with van der Waals surface area (Å²) in [5.41, 5.74) is 12.3. The average molecular weight is 510 g/mol. The van der Waals surface area contributed by atoms with Crippen LogP contribution in [0.2, 0.25) is 0 Å². The number of hydrogen-bond donors (Lipinski definition) is 0. The van der Waals surface area contributed by atoms with E-state index in [1.165, 1.54) is 33.0 Å². The Morgan fingerprint density at radius 3 is 1.82 bits per heavy atom. The monoisotopic (exact) mass is 509 g/mol. The summed E-state index contributed by atoms with van der Waals surface area (Å²) in [7, 11) is 0. The molecule has 3 heteroatoms. The second-order valence-corrected chi connectivity index (χ2v) is 10.1. The number of benzene rings is 5. The van der Waals surface area contributed by atoms with Crippen LogP contribution in [0, 0.1) is 0 Å². The molecule has 0 saturated heterocycles. The molecule has 0 radical (unpaired) electrons. The van der Waals surface area contributed by atoms with E-state index < -0.39 is 0 Å². The molecule has 2 aromatic heterocycles. The van der Waals surface area contributed by atoms with Gasteiger partial charge >= 0.3 is 0 Å². The topological polar surface area (TPSA) is 38.7 Å². The number of hydrogen-bond acceptors (Lipinski definition) is 3. The smallest absolute Gasteiger partial charge is 0.160 e. The Bertz CT molecular complexity index is 2000. The quantitative estimate of drug-likeness (QED) is 0.237. The van der Waals surface area contributed by atoms with Gasteiger partial charge in [-0.3, -0.25) is 4.98 Å². The summed E-state index contributed by atoms with van der Waals surface area (Å²) in [5.74, 6) is 0.709. The molecular weight excluding hydrogens is 486 g/mol. The van der Waals surface area contributed by atoms with E-state index in [1.54, 1.807) is 6.20 Å². The van der Waals surface area contributed by atoms with Gasteiger partial charge in [0.15, 0.2) is 5.82 Å². The van der Waals surface area contributed by atoms with E-state index in [-0.39, 0.29) is 0 Å². The van der Waals surface area contributed by atoms with Crippen molar-refractivity contribution in [2.75, 3.05) is 0 Å². The van der Waals surface area contributed by atoms with Gasteiger partial charge in [-0.25, -0.2) is 9.97 Å². The van der Waals surface area contributed by atoms with Gasteiger partial charge in [0.2, 0.25) is 0 Å². The maximum atomic E-state index is 5.16. The van der Waals surface area contributed by atoms with Crippen LogP contribution < -0.4 is 0 Å². The highest BCUT2D eigenvalue weighted by Gasteiger charge is 2.23. The van der Waals surface area contributed by atoms with Crippen LogP contribution in [0.15, 0.2) is 140 Å². The fraction of sp³-hybridized carbons (Fsp3) is 0. The Labute approximate surface area is 232 Å². The average Bonchev–Trinajstić information content (AvgIpc) is 3.37. The number of aromatic nitrogens is 3. The first-order valence-electron chi connectivity index (χ1n) is 13.4. The van der Waals surface area contributed by atoms with Crippen LogP contribution in [0.3, 0.4) is 0 Å². The van der Waals surface area contributed by atoms with Crippen molar-refractivity contribution in [1.29, 1.82) is 0 Å². The van der Waals surface area contributed by atoms with Gasteiger partial charge < -0.3 is 0 Å². The third-order valence-corrected chi connectivity index (χ3v) is 7.76. The van der Waals surface area contributed by atoms with Crippen molar-refractivity contribution in [3.63, 3.8) is 0 Å². The zero-order chi connectivity index (χ0) is 26.5. The van der Waals surface area contributed by atoms with Crippen LogP contribution in [0.5, 0.6) is 0 Å².